The van der Waals surface area contributed by atoms with Gasteiger partial charge >= 0.3 is 0 Å². The molecular formula is C19H25NO3. The van der Waals surface area contributed by atoms with Gasteiger partial charge in [-0.2, -0.15) is 0 Å². The normalized spacial score (nSPS) is 30.1. The fourth-order valence-corrected chi connectivity index (χ4v) is 4.04. The van der Waals surface area contributed by atoms with Gasteiger partial charge in [0.05, 0.1) is 12.7 Å². The van der Waals surface area contributed by atoms with Crippen molar-refractivity contribution in [2.45, 2.75) is 43.6 Å². The number of likely N-dealkylation sites (tertiary alicyclic amines) is 1. The van der Waals surface area contributed by atoms with Gasteiger partial charge in [0.2, 0.25) is 0 Å². The maximum Gasteiger partial charge on any atom is 0.160 e. The standard InChI is InChI=1S/C19H25NO3/c1-20-9-8-19(7-6-15(21)11-18(19)20)14-4-5-17(16(22)10-14)23-12-13-2-3-13/h4-5,10-11,13,15,21-22H,2-3,6-9,12H2,1H3/t15-,19+/m1/s1. The van der Waals surface area contributed by atoms with Crippen LogP contribution in [0.2, 0.25) is 0 Å². The first-order chi connectivity index (χ1) is 11.1. The highest BCUT2D eigenvalue weighted by atomic mass is 16.5. The van der Waals surface area contributed by atoms with E-state index in [1.54, 1.807) is 0 Å². The van der Waals surface area contributed by atoms with Crippen LogP contribution in [0.1, 0.15) is 37.7 Å². The Hall–Kier alpha value is -1.68. The van der Waals surface area contributed by atoms with Crippen LogP contribution in [0, 0.1) is 5.92 Å². The SMILES string of the molecule is CN1CC[C@]2(c3ccc(OCC4CC4)c(O)c3)CC[C@@H](O)C=C12. The number of fused-ring (bicyclic) bond motifs is 1. The molecule has 1 saturated carbocycles. The van der Waals surface area contributed by atoms with E-state index in [-0.39, 0.29) is 17.3 Å². The van der Waals surface area contributed by atoms with Gasteiger partial charge < -0.3 is 19.8 Å². The predicted molar refractivity (Wildman–Crippen MR) is 88.6 cm³/mol. The molecule has 23 heavy (non-hydrogen) atoms. The Labute approximate surface area is 137 Å². The lowest BCUT2D eigenvalue weighted by Crippen LogP contribution is -2.33. The van der Waals surface area contributed by atoms with Gasteiger partial charge in [-0.25, -0.2) is 0 Å². The second kappa shape index (κ2) is 5.45. The molecule has 0 aromatic heterocycles. The topological polar surface area (TPSA) is 52.9 Å². The molecule has 4 rings (SSSR count). The Kier molecular flexibility index (Phi) is 3.52. The van der Waals surface area contributed by atoms with Crippen LogP contribution in [0.3, 0.4) is 0 Å². The van der Waals surface area contributed by atoms with E-state index in [4.69, 9.17) is 4.74 Å². The molecule has 2 N–H and O–H groups in total. The van der Waals surface area contributed by atoms with Crippen molar-refractivity contribution in [1.82, 2.24) is 4.90 Å². The van der Waals surface area contributed by atoms with Crippen molar-refractivity contribution in [3.63, 3.8) is 0 Å². The third-order valence-corrected chi connectivity index (χ3v) is 5.68. The van der Waals surface area contributed by atoms with Crippen molar-refractivity contribution >= 4 is 0 Å². The molecule has 2 atom stereocenters. The van der Waals surface area contributed by atoms with Gasteiger partial charge in [0, 0.05) is 24.7 Å². The molecule has 0 bridgehead atoms. The number of allylic oxidation sites excluding steroid dienone is 1. The lowest BCUT2D eigenvalue weighted by molar-refractivity contribution is 0.181. The summed E-state index contributed by atoms with van der Waals surface area (Å²) in [6.07, 6.45) is 6.85. The van der Waals surface area contributed by atoms with E-state index in [1.165, 1.54) is 18.5 Å². The predicted octanol–water partition coefficient (Wildman–Crippen LogP) is 2.79. The Morgan fingerprint density at radius 2 is 2.09 bits per heavy atom. The van der Waals surface area contributed by atoms with E-state index in [9.17, 15) is 10.2 Å². The summed E-state index contributed by atoms with van der Waals surface area (Å²) in [7, 11) is 2.08. The number of likely N-dealkylation sites (N-methyl/N-ethyl adjacent to an activating group) is 1. The van der Waals surface area contributed by atoms with Crippen LogP contribution in [0.4, 0.5) is 0 Å². The molecule has 1 aromatic carbocycles. The third kappa shape index (κ3) is 2.59. The van der Waals surface area contributed by atoms with Crippen LogP contribution >= 0.6 is 0 Å². The second-order valence-corrected chi connectivity index (χ2v) is 7.35. The Balaban J connectivity index is 1.63. The van der Waals surface area contributed by atoms with Crippen LogP contribution in [-0.4, -0.2) is 41.4 Å². The summed E-state index contributed by atoms with van der Waals surface area (Å²) < 4.78 is 5.74. The number of phenolic OH excluding ortho intramolecular Hbond substituents is 1. The van der Waals surface area contributed by atoms with E-state index in [0.29, 0.717) is 18.3 Å². The van der Waals surface area contributed by atoms with Gasteiger partial charge in [-0.3, -0.25) is 0 Å². The maximum atomic E-state index is 10.4. The summed E-state index contributed by atoms with van der Waals surface area (Å²) in [6, 6.07) is 5.86. The number of phenols is 1. The molecule has 0 radical (unpaired) electrons. The van der Waals surface area contributed by atoms with Crippen molar-refractivity contribution < 1.29 is 14.9 Å². The lowest BCUT2D eigenvalue weighted by Gasteiger charge is -2.37. The summed E-state index contributed by atoms with van der Waals surface area (Å²) in [6.45, 7) is 1.69. The van der Waals surface area contributed by atoms with E-state index >= 15 is 0 Å². The van der Waals surface area contributed by atoms with E-state index in [2.05, 4.69) is 18.0 Å². The fourth-order valence-electron chi connectivity index (χ4n) is 4.04. The van der Waals surface area contributed by atoms with Crippen molar-refractivity contribution in [1.29, 1.82) is 0 Å². The highest BCUT2D eigenvalue weighted by molar-refractivity contribution is 5.49. The Morgan fingerprint density at radius 3 is 2.83 bits per heavy atom. The average molecular weight is 315 g/mol. The molecule has 0 amide bonds. The highest BCUT2D eigenvalue weighted by Crippen LogP contribution is 2.50. The largest absolute Gasteiger partial charge is 0.504 e. The van der Waals surface area contributed by atoms with Gasteiger partial charge in [0.25, 0.3) is 0 Å². The zero-order valence-electron chi connectivity index (χ0n) is 13.7. The molecule has 2 aliphatic carbocycles. The van der Waals surface area contributed by atoms with Crippen LogP contribution in [0.15, 0.2) is 30.0 Å². The quantitative estimate of drug-likeness (QED) is 0.897. The van der Waals surface area contributed by atoms with Gasteiger partial charge in [0.15, 0.2) is 11.5 Å². The number of hydrogen-bond donors (Lipinski definition) is 2. The van der Waals surface area contributed by atoms with Crippen molar-refractivity contribution in [3.05, 3.63) is 35.5 Å². The summed E-state index contributed by atoms with van der Waals surface area (Å²) in [5.74, 6) is 1.49. The van der Waals surface area contributed by atoms with Crippen LogP contribution in [0.5, 0.6) is 11.5 Å². The van der Waals surface area contributed by atoms with Gasteiger partial charge in [-0.15, -0.1) is 0 Å². The van der Waals surface area contributed by atoms with Crippen molar-refractivity contribution in [3.8, 4) is 11.5 Å². The zero-order valence-corrected chi connectivity index (χ0v) is 13.7. The highest BCUT2D eigenvalue weighted by Gasteiger charge is 2.45. The maximum absolute atomic E-state index is 10.4. The van der Waals surface area contributed by atoms with Crippen molar-refractivity contribution in [2.24, 2.45) is 5.92 Å². The van der Waals surface area contributed by atoms with Gasteiger partial charge in [-0.05, 0) is 61.8 Å². The third-order valence-electron chi connectivity index (χ3n) is 5.68. The molecule has 0 unspecified atom stereocenters. The lowest BCUT2D eigenvalue weighted by atomic mass is 9.70. The molecule has 3 aliphatic rings. The first-order valence-corrected chi connectivity index (χ1v) is 8.66. The minimum Gasteiger partial charge on any atom is -0.504 e. The van der Waals surface area contributed by atoms with E-state index < -0.39 is 0 Å². The van der Waals surface area contributed by atoms with Crippen LogP contribution in [0.25, 0.3) is 0 Å². The van der Waals surface area contributed by atoms with Gasteiger partial charge in [-0.1, -0.05) is 6.07 Å². The van der Waals surface area contributed by atoms with Crippen LogP contribution < -0.4 is 4.74 Å². The molecular weight excluding hydrogens is 290 g/mol. The minimum absolute atomic E-state index is 0.0690. The number of aliphatic hydroxyl groups excluding tert-OH is 1. The minimum atomic E-state index is -0.353. The number of aliphatic hydroxyl groups is 1. The molecule has 4 heteroatoms. The number of aromatic hydroxyl groups is 1. The molecule has 0 spiro atoms. The van der Waals surface area contributed by atoms with Gasteiger partial charge in [0.1, 0.15) is 0 Å². The molecule has 1 saturated heterocycles. The Bertz CT molecular complexity index is 638. The average Bonchev–Trinajstić information content (AvgIpc) is 3.31. The first-order valence-electron chi connectivity index (χ1n) is 8.66. The molecule has 4 nitrogen and oxygen atoms in total. The fraction of sp³-hybridized carbons (Fsp3) is 0.579. The van der Waals surface area contributed by atoms with E-state index in [0.717, 1.165) is 31.4 Å². The Morgan fingerprint density at radius 1 is 1.26 bits per heavy atom. The first kappa shape index (κ1) is 14.9. The molecule has 1 aliphatic heterocycles. The van der Waals surface area contributed by atoms with Crippen LogP contribution in [-0.2, 0) is 5.41 Å². The zero-order chi connectivity index (χ0) is 16.0. The number of hydrogen-bond acceptors (Lipinski definition) is 4. The number of nitrogens with zero attached hydrogens (tertiary/aromatic N) is 1. The molecule has 1 heterocycles. The molecule has 124 valence electrons. The molecule has 2 fully saturated rings. The molecule has 1 aromatic rings. The number of rotatable bonds is 4. The second-order valence-electron chi connectivity index (χ2n) is 7.35. The number of benzene rings is 1. The monoisotopic (exact) mass is 315 g/mol. The summed E-state index contributed by atoms with van der Waals surface area (Å²) >= 11 is 0. The summed E-state index contributed by atoms with van der Waals surface area (Å²) in [5, 5.41) is 20.4. The smallest absolute Gasteiger partial charge is 0.160 e. The summed E-state index contributed by atoms with van der Waals surface area (Å²) in [5.41, 5.74) is 2.26. The van der Waals surface area contributed by atoms with Crippen molar-refractivity contribution in [2.75, 3.05) is 20.2 Å². The number of ether oxygens (including phenoxy) is 1. The van der Waals surface area contributed by atoms with E-state index in [1.807, 2.05) is 18.2 Å². The summed E-state index contributed by atoms with van der Waals surface area (Å²) in [4.78, 5) is 2.23.